The van der Waals surface area contributed by atoms with E-state index in [0.29, 0.717) is 11.4 Å². The zero-order chi connectivity index (χ0) is 13.3. The van der Waals surface area contributed by atoms with Crippen molar-refractivity contribution in [3.05, 3.63) is 40.5 Å². The van der Waals surface area contributed by atoms with Crippen molar-refractivity contribution in [1.29, 1.82) is 0 Å². The van der Waals surface area contributed by atoms with Gasteiger partial charge in [-0.3, -0.25) is 4.31 Å². The number of nitrogens with zero attached hydrogens (tertiary/aromatic N) is 2. The summed E-state index contributed by atoms with van der Waals surface area (Å²) in [5.74, 6) is 0. The molecule has 0 aliphatic rings. The molecule has 0 saturated heterocycles. The second kappa shape index (κ2) is 4.87. The van der Waals surface area contributed by atoms with E-state index in [2.05, 4.69) is 4.98 Å². The molecule has 0 radical (unpaired) electrons. The first-order chi connectivity index (χ1) is 8.43. The maximum Gasteiger partial charge on any atom is 0.275 e. The molecule has 96 valence electrons. The lowest BCUT2D eigenvalue weighted by molar-refractivity contribution is 0.595. The SMILES string of the molecule is Cc1nc(Cl)sc1S(=O)(=O)N(C)c1ccccc1. The molecule has 2 aromatic rings. The summed E-state index contributed by atoms with van der Waals surface area (Å²) in [6, 6.07) is 8.87. The predicted octanol–water partition coefficient (Wildman–Crippen LogP) is 2.93. The van der Waals surface area contributed by atoms with Crippen LogP contribution in [0.15, 0.2) is 34.5 Å². The highest BCUT2D eigenvalue weighted by atomic mass is 35.5. The first kappa shape index (κ1) is 13.3. The van der Waals surface area contributed by atoms with E-state index in [-0.39, 0.29) is 8.68 Å². The van der Waals surface area contributed by atoms with Gasteiger partial charge in [0.2, 0.25) is 0 Å². The molecule has 1 heterocycles. The van der Waals surface area contributed by atoms with E-state index < -0.39 is 10.0 Å². The van der Waals surface area contributed by atoms with Gasteiger partial charge in [-0.1, -0.05) is 41.1 Å². The van der Waals surface area contributed by atoms with E-state index in [1.54, 1.807) is 31.2 Å². The largest absolute Gasteiger partial charge is 0.275 e. The minimum Gasteiger partial charge on any atom is -0.269 e. The molecule has 0 aliphatic heterocycles. The van der Waals surface area contributed by atoms with Gasteiger partial charge in [-0.2, -0.15) is 0 Å². The van der Waals surface area contributed by atoms with E-state index in [4.69, 9.17) is 11.6 Å². The maximum absolute atomic E-state index is 12.4. The number of sulfonamides is 1. The number of thiazole rings is 1. The fourth-order valence-electron chi connectivity index (χ4n) is 1.49. The third-order valence-electron chi connectivity index (χ3n) is 2.44. The van der Waals surface area contributed by atoms with Gasteiger partial charge in [-0.05, 0) is 19.1 Å². The zero-order valence-corrected chi connectivity index (χ0v) is 12.2. The van der Waals surface area contributed by atoms with Gasteiger partial charge in [0.05, 0.1) is 11.4 Å². The lowest BCUT2D eigenvalue weighted by atomic mass is 10.3. The molecule has 1 aromatic heterocycles. The van der Waals surface area contributed by atoms with Crippen LogP contribution in [0.25, 0.3) is 0 Å². The van der Waals surface area contributed by atoms with Gasteiger partial charge in [-0.25, -0.2) is 13.4 Å². The van der Waals surface area contributed by atoms with Crippen molar-refractivity contribution in [3.63, 3.8) is 0 Å². The van der Waals surface area contributed by atoms with Crippen LogP contribution in [-0.4, -0.2) is 20.4 Å². The first-order valence-electron chi connectivity index (χ1n) is 5.10. The lowest BCUT2D eigenvalue weighted by Gasteiger charge is -2.18. The summed E-state index contributed by atoms with van der Waals surface area (Å²) in [6.07, 6.45) is 0. The highest BCUT2D eigenvalue weighted by Gasteiger charge is 2.26. The molecule has 0 aliphatic carbocycles. The van der Waals surface area contributed by atoms with Crippen molar-refractivity contribution >= 4 is 38.6 Å². The highest BCUT2D eigenvalue weighted by Crippen LogP contribution is 2.30. The molecular formula is C11H11ClN2O2S2. The summed E-state index contributed by atoms with van der Waals surface area (Å²) in [4.78, 5) is 3.93. The maximum atomic E-state index is 12.4. The third-order valence-corrected chi connectivity index (χ3v) is 6.08. The van der Waals surface area contributed by atoms with Crippen molar-refractivity contribution in [2.24, 2.45) is 0 Å². The van der Waals surface area contributed by atoms with Crippen molar-refractivity contribution in [2.45, 2.75) is 11.1 Å². The van der Waals surface area contributed by atoms with Crippen LogP contribution in [0.1, 0.15) is 5.69 Å². The molecule has 0 bridgehead atoms. The lowest BCUT2D eigenvalue weighted by Crippen LogP contribution is -2.26. The zero-order valence-electron chi connectivity index (χ0n) is 9.79. The normalized spacial score (nSPS) is 11.5. The van der Waals surface area contributed by atoms with E-state index in [1.165, 1.54) is 11.4 Å². The molecule has 0 spiro atoms. The third kappa shape index (κ3) is 2.36. The molecule has 0 N–H and O–H groups in total. The van der Waals surface area contributed by atoms with Crippen LogP contribution >= 0.6 is 22.9 Å². The number of benzene rings is 1. The predicted molar refractivity (Wildman–Crippen MR) is 73.9 cm³/mol. The fraction of sp³-hybridized carbons (Fsp3) is 0.182. The Morgan fingerprint density at radius 1 is 1.28 bits per heavy atom. The van der Waals surface area contributed by atoms with E-state index in [0.717, 1.165) is 11.3 Å². The Labute approximate surface area is 115 Å². The molecule has 18 heavy (non-hydrogen) atoms. The molecule has 4 nitrogen and oxygen atoms in total. The fourth-order valence-corrected chi connectivity index (χ4v) is 4.58. The van der Waals surface area contributed by atoms with Crippen LogP contribution in [0.2, 0.25) is 4.47 Å². The molecule has 0 unspecified atom stereocenters. The Bertz CT molecular complexity index is 653. The Hall–Kier alpha value is -1.11. The molecule has 0 saturated carbocycles. The van der Waals surface area contributed by atoms with E-state index in [1.807, 2.05) is 6.07 Å². The molecule has 7 heteroatoms. The molecule has 0 amide bonds. The van der Waals surface area contributed by atoms with Crippen molar-refractivity contribution in [1.82, 2.24) is 4.98 Å². The van der Waals surface area contributed by atoms with Gasteiger partial charge >= 0.3 is 0 Å². The van der Waals surface area contributed by atoms with E-state index >= 15 is 0 Å². The van der Waals surface area contributed by atoms with Crippen molar-refractivity contribution < 1.29 is 8.42 Å². The van der Waals surface area contributed by atoms with Gasteiger partial charge in [-0.15, -0.1) is 0 Å². The standard InChI is InChI=1S/C11H11ClN2O2S2/c1-8-10(17-11(12)13-8)18(15,16)14(2)9-6-4-3-5-7-9/h3-7H,1-2H3. The van der Waals surface area contributed by atoms with Crippen LogP contribution < -0.4 is 4.31 Å². The summed E-state index contributed by atoms with van der Waals surface area (Å²) in [5, 5.41) is 0. The quantitative estimate of drug-likeness (QED) is 0.876. The van der Waals surface area contributed by atoms with Gasteiger partial charge in [0, 0.05) is 7.05 Å². The number of aromatic nitrogens is 1. The minimum atomic E-state index is -3.60. The number of hydrogen-bond donors (Lipinski definition) is 0. The van der Waals surface area contributed by atoms with Crippen LogP contribution in [-0.2, 0) is 10.0 Å². The topological polar surface area (TPSA) is 50.3 Å². The van der Waals surface area contributed by atoms with Crippen LogP contribution in [0.4, 0.5) is 5.69 Å². The molecule has 1 aromatic carbocycles. The molecule has 0 fully saturated rings. The van der Waals surface area contributed by atoms with E-state index in [9.17, 15) is 8.42 Å². The van der Waals surface area contributed by atoms with Crippen LogP contribution in [0, 0.1) is 6.92 Å². The summed E-state index contributed by atoms with van der Waals surface area (Å²) < 4.78 is 26.4. The Balaban J connectivity index is 2.47. The summed E-state index contributed by atoms with van der Waals surface area (Å²) in [7, 11) is -2.09. The number of para-hydroxylation sites is 1. The monoisotopic (exact) mass is 302 g/mol. The Morgan fingerprint density at radius 2 is 1.89 bits per heavy atom. The molecule has 2 rings (SSSR count). The average molecular weight is 303 g/mol. The van der Waals surface area contributed by atoms with Crippen LogP contribution in [0.3, 0.4) is 0 Å². The number of halogens is 1. The summed E-state index contributed by atoms with van der Waals surface area (Å²) in [5.41, 5.74) is 1.02. The van der Waals surface area contributed by atoms with Gasteiger partial charge in [0.25, 0.3) is 10.0 Å². The van der Waals surface area contributed by atoms with Crippen molar-refractivity contribution in [2.75, 3.05) is 11.4 Å². The van der Waals surface area contributed by atoms with Gasteiger partial charge < -0.3 is 0 Å². The average Bonchev–Trinajstić information content (AvgIpc) is 2.69. The summed E-state index contributed by atoms with van der Waals surface area (Å²) >= 11 is 6.72. The smallest absolute Gasteiger partial charge is 0.269 e. The van der Waals surface area contributed by atoms with Gasteiger partial charge in [0.1, 0.15) is 0 Å². The van der Waals surface area contributed by atoms with Gasteiger partial charge in [0.15, 0.2) is 8.68 Å². The Kier molecular flexibility index (Phi) is 3.61. The number of rotatable bonds is 3. The number of anilines is 1. The number of hydrogen-bond acceptors (Lipinski definition) is 4. The number of aryl methyl sites for hydroxylation is 1. The molecular weight excluding hydrogens is 292 g/mol. The minimum absolute atomic E-state index is 0.179. The van der Waals surface area contributed by atoms with Crippen LogP contribution in [0.5, 0.6) is 0 Å². The first-order valence-corrected chi connectivity index (χ1v) is 7.73. The Morgan fingerprint density at radius 3 is 2.39 bits per heavy atom. The molecule has 0 atom stereocenters. The summed E-state index contributed by atoms with van der Waals surface area (Å²) in [6.45, 7) is 1.63. The van der Waals surface area contributed by atoms with Crippen molar-refractivity contribution in [3.8, 4) is 0 Å². The second-order valence-electron chi connectivity index (χ2n) is 3.65. The second-order valence-corrected chi connectivity index (χ2v) is 7.39. The highest BCUT2D eigenvalue weighted by molar-refractivity contribution is 7.94.